The summed E-state index contributed by atoms with van der Waals surface area (Å²) in [6.07, 6.45) is -0.315. The van der Waals surface area contributed by atoms with E-state index in [0.717, 1.165) is 56.2 Å². The molecule has 3 heterocycles. The van der Waals surface area contributed by atoms with E-state index in [-0.39, 0.29) is 12.3 Å². The van der Waals surface area contributed by atoms with Crippen LogP contribution in [-0.4, -0.2) is 15.8 Å². The van der Waals surface area contributed by atoms with Crippen molar-refractivity contribution >= 4 is 37.3 Å². The maximum atomic E-state index is 5.23. The molecule has 0 amide bonds. The largest absolute Gasteiger partial charge is 0.350 e. The van der Waals surface area contributed by atoms with E-state index in [1.54, 1.807) is 0 Å². The van der Waals surface area contributed by atoms with Crippen LogP contribution in [-0.2, 0) is 0 Å². The second-order valence-corrected chi connectivity index (χ2v) is 14.7. The van der Waals surface area contributed by atoms with Gasteiger partial charge in [0.05, 0.1) is 11.4 Å². The smallest absolute Gasteiger partial charge is 0.161 e. The van der Waals surface area contributed by atoms with Crippen LogP contribution in [0.4, 0.5) is 0 Å². The number of fused-ring (bicyclic) bond motifs is 3. The Bertz CT molecular complexity index is 2740. The molecule has 5 nitrogen and oxygen atoms in total. The lowest BCUT2D eigenvalue weighted by molar-refractivity contribution is 0.409. The third-order valence-corrected chi connectivity index (χ3v) is 11.4. The number of hydrogen-bond acceptors (Lipinski definition) is 6. The highest BCUT2D eigenvalue weighted by molar-refractivity contribution is 7.26. The summed E-state index contributed by atoms with van der Waals surface area (Å²) in [5, 5.41) is 9.80. The predicted octanol–water partition coefficient (Wildman–Crippen LogP) is 11.8. The molecule has 7 aromatic carbocycles. The first-order chi connectivity index (χ1) is 27.2. The number of aromatic nitrogens is 2. The normalized spacial score (nSPS) is 15.5. The quantitative estimate of drug-likeness (QED) is 0.172. The summed E-state index contributed by atoms with van der Waals surface area (Å²) in [4.78, 5) is 15.5. The van der Waals surface area contributed by atoms with Crippen LogP contribution in [0.25, 0.3) is 65.2 Å². The minimum atomic E-state index is -0.182. The van der Waals surface area contributed by atoms with E-state index in [1.807, 2.05) is 35.6 Å². The second-order valence-electron chi connectivity index (χ2n) is 13.7. The van der Waals surface area contributed by atoms with Crippen molar-refractivity contribution < 1.29 is 0 Å². The number of rotatable bonds is 7. The van der Waals surface area contributed by atoms with Gasteiger partial charge in [0.15, 0.2) is 5.82 Å². The van der Waals surface area contributed by atoms with Crippen LogP contribution in [0.15, 0.2) is 193 Å². The number of nitrogens with zero attached hydrogens (tertiary/aromatic N) is 3. The lowest BCUT2D eigenvalue weighted by Gasteiger charge is -2.32. The van der Waals surface area contributed by atoms with Gasteiger partial charge in [0, 0.05) is 42.4 Å². The molecule has 2 atom stereocenters. The molecular formula is C49H35N5S. The molecule has 0 aliphatic carbocycles. The molecule has 2 unspecified atom stereocenters. The van der Waals surface area contributed by atoms with Crippen molar-refractivity contribution in [2.75, 3.05) is 0 Å². The van der Waals surface area contributed by atoms with Crippen molar-refractivity contribution in [1.29, 1.82) is 0 Å². The molecule has 2 aromatic heterocycles. The van der Waals surface area contributed by atoms with E-state index >= 15 is 0 Å². The van der Waals surface area contributed by atoms with Gasteiger partial charge >= 0.3 is 0 Å². The zero-order chi connectivity index (χ0) is 36.6. The van der Waals surface area contributed by atoms with Crippen molar-refractivity contribution in [1.82, 2.24) is 20.6 Å². The Hall–Kier alpha value is -6.73. The number of hydrogen-bond donors (Lipinski definition) is 2. The molecule has 1 aliphatic rings. The molecule has 0 spiro atoms. The van der Waals surface area contributed by atoms with Gasteiger partial charge in [-0.25, -0.2) is 15.0 Å². The Kier molecular flexibility index (Phi) is 8.52. The van der Waals surface area contributed by atoms with Crippen LogP contribution < -0.4 is 10.6 Å². The van der Waals surface area contributed by atoms with Crippen molar-refractivity contribution in [3.8, 4) is 45.0 Å². The highest BCUT2D eigenvalue weighted by Crippen LogP contribution is 2.45. The molecule has 0 radical (unpaired) electrons. The van der Waals surface area contributed by atoms with Gasteiger partial charge in [0.1, 0.15) is 18.2 Å². The van der Waals surface area contributed by atoms with Gasteiger partial charge in [-0.2, -0.15) is 0 Å². The fourth-order valence-corrected chi connectivity index (χ4v) is 8.72. The topological polar surface area (TPSA) is 62.2 Å². The summed E-state index contributed by atoms with van der Waals surface area (Å²) in [6, 6.07) is 65.7. The minimum Gasteiger partial charge on any atom is -0.350 e. The Labute approximate surface area is 323 Å². The van der Waals surface area contributed by atoms with E-state index in [1.165, 1.54) is 25.7 Å². The first-order valence-electron chi connectivity index (χ1n) is 18.5. The Balaban J connectivity index is 1.06. The van der Waals surface area contributed by atoms with Crippen LogP contribution in [0.2, 0.25) is 0 Å². The average molecular weight is 726 g/mol. The van der Waals surface area contributed by atoms with E-state index in [9.17, 15) is 0 Å². The van der Waals surface area contributed by atoms with Gasteiger partial charge < -0.3 is 5.32 Å². The van der Waals surface area contributed by atoms with Gasteiger partial charge in [-0.05, 0) is 40.5 Å². The molecule has 9 aromatic rings. The highest BCUT2D eigenvalue weighted by atomic mass is 32.1. The van der Waals surface area contributed by atoms with E-state index in [0.29, 0.717) is 5.82 Å². The lowest BCUT2D eigenvalue weighted by atomic mass is 9.97. The average Bonchev–Trinajstić information content (AvgIpc) is 3.67. The summed E-state index contributed by atoms with van der Waals surface area (Å²) in [5.41, 5.74) is 10.6. The van der Waals surface area contributed by atoms with Crippen LogP contribution in [0, 0.1) is 0 Å². The predicted molar refractivity (Wildman–Crippen MR) is 228 cm³/mol. The van der Waals surface area contributed by atoms with Gasteiger partial charge in [-0.1, -0.05) is 170 Å². The molecule has 6 heteroatoms. The third-order valence-electron chi connectivity index (χ3n) is 10.2. The van der Waals surface area contributed by atoms with Gasteiger partial charge in [-0.15, -0.1) is 11.3 Å². The molecule has 0 saturated carbocycles. The van der Waals surface area contributed by atoms with Crippen molar-refractivity contribution in [3.05, 3.63) is 205 Å². The zero-order valence-electron chi connectivity index (χ0n) is 29.8. The SMILES string of the molecule is c1ccc(C2=NC(c3ccccc3)NC(c3ccc(-c4ccc(-c5nc(-c6ccccc6)cc(-c6ccccc6)n5)c5c4sc4ccccc45)cc3)N2)cc1. The first kappa shape index (κ1) is 32.9. The Morgan fingerprint density at radius 3 is 1.69 bits per heavy atom. The number of benzene rings is 7. The monoisotopic (exact) mass is 725 g/mol. The van der Waals surface area contributed by atoms with Gasteiger partial charge in [0.2, 0.25) is 0 Å². The number of nitrogens with one attached hydrogen (secondary N) is 2. The maximum absolute atomic E-state index is 5.23. The molecule has 0 fully saturated rings. The minimum absolute atomic E-state index is 0.133. The molecule has 10 rings (SSSR count). The summed E-state index contributed by atoms with van der Waals surface area (Å²) in [6.45, 7) is 0. The molecule has 2 N–H and O–H groups in total. The molecule has 0 saturated heterocycles. The van der Waals surface area contributed by atoms with E-state index in [2.05, 4.69) is 174 Å². The summed E-state index contributed by atoms with van der Waals surface area (Å²) < 4.78 is 2.46. The lowest BCUT2D eigenvalue weighted by Crippen LogP contribution is -2.44. The van der Waals surface area contributed by atoms with Crippen LogP contribution in [0.1, 0.15) is 29.0 Å². The fourth-order valence-electron chi connectivity index (χ4n) is 7.46. The van der Waals surface area contributed by atoms with Gasteiger partial charge in [0.25, 0.3) is 0 Å². The Morgan fingerprint density at radius 2 is 1.04 bits per heavy atom. The van der Waals surface area contributed by atoms with Crippen molar-refractivity contribution in [2.45, 2.75) is 12.3 Å². The Morgan fingerprint density at radius 1 is 0.473 bits per heavy atom. The molecule has 1 aliphatic heterocycles. The maximum Gasteiger partial charge on any atom is 0.161 e. The standard InChI is InChI=1S/C49H35N5S/c1-5-15-33(16-6-1)41-31-42(34-17-7-2-8-18-34)51-49(50-41)40-30-29-38(45-44(40)39-23-13-14-24-43(39)55-45)32-25-27-37(28-26-32)48-53-46(35-19-9-3-10-20-35)52-47(54-48)36-21-11-4-12-22-36/h1-31,46,48,53H,(H,52,54). The summed E-state index contributed by atoms with van der Waals surface area (Å²) in [5.74, 6) is 1.59. The zero-order valence-corrected chi connectivity index (χ0v) is 30.6. The molecular weight excluding hydrogens is 691 g/mol. The fraction of sp³-hybridized carbons (Fsp3) is 0.0408. The van der Waals surface area contributed by atoms with Crippen molar-refractivity contribution in [2.24, 2.45) is 4.99 Å². The van der Waals surface area contributed by atoms with Crippen LogP contribution in [0.5, 0.6) is 0 Å². The van der Waals surface area contributed by atoms with Crippen LogP contribution >= 0.6 is 11.3 Å². The van der Waals surface area contributed by atoms with Crippen LogP contribution in [0.3, 0.4) is 0 Å². The summed E-state index contributed by atoms with van der Waals surface area (Å²) >= 11 is 1.83. The van der Waals surface area contributed by atoms with E-state index in [4.69, 9.17) is 15.0 Å². The third kappa shape index (κ3) is 6.38. The first-order valence-corrected chi connectivity index (χ1v) is 19.3. The van der Waals surface area contributed by atoms with E-state index < -0.39 is 0 Å². The molecule has 55 heavy (non-hydrogen) atoms. The second kappa shape index (κ2) is 14.3. The number of aliphatic imine (C=N–C) groups is 1. The van der Waals surface area contributed by atoms with Crippen molar-refractivity contribution in [3.63, 3.8) is 0 Å². The van der Waals surface area contributed by atoms with Gasteiger partial charge in [-0.3, -0.25) is 5.32 Å². The number of amidine groups is 1. The highest BCUT2D eigenvalue weighted by Gasteiger charge is 2.26. The molecule has 0 bridgehead atoms. The number of thiophene rings is 1. The summed E-state index contributed by atoms with van der Waals surface area (Å²) in [7, 11) is 0. The molecule has 262 valence electrons.